The molecule has 0 saturated heterocycles. The molecule has 1 atom stereocenters. The van der Waals surface area contributed by atoms with Gasteiger partial charge in [0.25, 0.3) is 11.8 Å². The van der Waals surface area contributed by atoms with Gasteiger partial charge in [-0.2, -0.15) is 10.3 Å². The highest BCUT2D eigenvalue weighted by atomic mass is 16.5. The first-order valence-corrected chi connectivity index (χ1v) is 8.39. The number of nitrogens with zero attached hydrogens (tertiary/aromatic N) is 6. The standard InChI is InChI=1S/C19H16N7O/c1-2-27-17-7-4-14(5-8-17)23-19-24-18-13-21-9-10-26(18,25-19)16-6-3-15(11-20)22-12-16/h3-10,12-13H,2H2,1H3,(H,23,25)/q+1. The van der Waals surface area contributed by atoms with Crippen LogP contribution in [0.3, 0.4) is 0 Å². The second kappa shape index (κ2) is 6.82. The lowest BCUT2D eigenvalue weighted by atomic mass is 10.3. The molecule has 1 N–H and O–H groups in total. The molecule has 2 aliphatic heterocycles. The van der Waals surface area contributed by atoms with E-state index in [0.29, 0.717) is 24.1 Å². The van der Waals surface area contributed by atoms with Gasteiger partial charge in [0.15, 0.2) is 11.9 Å². The molecule has 4 rings (SSSR count). The Morgan fingerprint density at radius 3 is 2.74 bits per heavy atom. The number of nitrogens with one attached hydrogen (secondary N) is 1. The lowest BCUT2D eigenvalue weighted by Crippen LogP contribution is -2.44. The molecule has 27 heavy (non-hydrogen) atoms. The number of guanidine groups is 1. The number of amidine groups is 1. The average molecular weight is 358 g/mol. The minimum atomic E-state index is 0.0154. The Morgan fingerprint density at radius 1 is 1.19 bits per heavy atom. The Labute approximate surface area is 156 Å². The van der Waals surface area contributed by atoms with Crippen molar-refractivity contribution >= 4 is 29.4 Å². The van der Waals surface area contributed by atoms with Gasteiger partial charge in [-0.25, -0.2) is 4.98 Å². The van der Waals surface area contributed by atoms with Crippen molar-refractivity contribution in [3.63, 3.8) is 0 Å². The van der Waals surface area contributed by atoms with E-state index in [0.717, 1.165) is 17.1 Å². The largest absolute Gasteiger partial charge is 0.494 e. The van der Waals surface area contributed by atoms with Crippen LogP contribution in [-0.2, 0) is 0 Å². The molecule has 3 heterocycles. The van der Waals surface area contributed by atoms with Crippen molar-refractivity contribution in [1.29, 1.82) is 5.26 Å². The van der Waals surface area contributed by atoms with Crippen LogP contribution in [-0.4, -0.2) is 29.6 Å². The minimum absolute atomic E-state index is 0.0154. The van der Waals surface area contributed by atoms with Crippen molar-refractivity contribution in [2.45, 2.75) is 6.92 Å². The van der Waals surface area contributed by atoms with E-state index in [1.165, 1.54) is 0 Å². The summed E-state index contributed by atoms with van der Waals surface area (Å²) < 4.78 is 5.47. The van der Waals surface area contributed by atoms with Gasteiger partial charge in [0, 0.05) is 11.8 Å². The van der Waals surface area contributed by atoms with Gasteiger partial charge in [-0.15, -0.1) is 0 Å². The number of aromatic nitrogens is 1. The lowest BCUT2D eigenvalue weighted by Gasteiger charge is -2.23. The second-order valence-corrected chi connectivity index (χ2v) is 5.75. The molecule has 0 fully saturated rings. The fraction of sp³-hybridized carbons (Fsp3) is 0.105. The first-order valence-electron chi connectivity index (χ1n) is 8.39. The number of aliphatic imine (C=N–C) groups is 2. The third-order valence-electron chi connectivity index (χ3n) is 4.06. The molecule has 8 nitrogen and oxygen atoms in total. The van der Waals surface area contributed by atoms with E-state index in [1.54, 1.807) is 24.7 Å². The Balaban J connectivity index is 1.65. The molecule has 0 spiro atoms. The number of anilines is 1. The fourth-order valence-corrected chi connectivity index (χ4v) is 2.79. The summed E-state index contributed by atoms with van der Waals surface area (Å²) in [6, 6.07) is 13.1. The molecule has 0 radical (unpaired) electrons. The van der Waals surface area contributed by atoms with Crippen LogP contribution in [0, 0.1) is 11.3 Å². The summed E-state index contributed by atoms with van der Waals surface area (Å²) in [5.74, 6) is 1.90. The normalized spacial score (nSPS) is 19.7. The Hall–Kier alpha value is -3.83. The molecule has 8 heteroatoms. The van der Waals surface area contributed by atoms with Gasteiger partial charge < -0.3 is 10.1 Å². The third-order valence-corrected chi connectivity index (χ3v) is 4.06. The van der Waals surface area contributed by atoms with Crippen LogP contribution >= 0.6 is 0 Å². The molecular weight excluding hydrogens is 342 g/mol. The molecule has 132 valence electrons. The first kappa shape index (κ1) is 16.6. The zero-order valence-electron chi connectivity index (χ0n) is 14.6. The third kappa shape index (κ3) is 3.07. The maximum absolute atomic E-state index is 8.96. The SMILES string of the molecule is CCOc1ccc(NC2=N[N+]3(c4ccc(C#N)nc4)C=CN=CC3=N2)cc1. The molecule has 0 saturated carbocycles. The summed E-state index contributed by atoms with van der Waals surface area (Å²) in [5, 5.41) is 16.9. The van der Waals surface area contributed by atoms with Crippen LogP contribution in [0.15, 0.2) is 70.1 Å². The fourth-order valence-electron chi connectivity index (χ4n) is 2.79. The highest BCUT2D eigenvalue weighted by Crippen LogP contribution is 2.30. The van der Waals surface area contributed by atoms with Gasteiger partial charge >= 0.3 is 0 Å². The minimum Gasteiger partial charge on any atom is -0.494 e. The maximum Gasteiger partial charge on any atom is 0.287 e. The first-order chi connectivity index (χ1) is 13.2. The zero-order chi connectivity index (χ0) is 18.7. The van der Waals surface area contributed by atoms with Crippen LogP contribution in [0.25, 0.3) is 0 Å². The van der Waals surface area contributed by atoms with E-state index in [9.17, 15) is 0 Å². The number of rotatable bonds is 4. The van der Waals surface area contributed by atoms with Gasteiger partial charge in [-0.1, -0.05) is 4.59 Å². The number of benzene rings is 1. The van der Waals surface area contributed by atoms with E-state index >= 15 is 0 Å². The highest BCUT2D eigenvalue weighted by Gasteiger charge is 2.43. The van der Waals surface area contributed by atoms with Gasteiger partial charge in [-0.05, 0) is 42.4 Å². The Morgan fingerprint density at radius 2 is 2.04 bits per heavy atom. The van der Waals surface area contributed by atoms with Crippen LogP contribution < -0.4 is 14.6 Å². The summed E-state index contributed by atoms with van der Waals surface area (Å²) in [5.41, 5.74) is 1.96. The number of hydrogen-bond acceptors (Lipinski definition) is 7. The number of nitriles is 1. The van der Waals surface area contributed by atoms with Gasteiger partial charge in [0.05, 0.1) is 19.0 Å². The molecule has 0 bridgehead atoms. The molecule has 1 unspecified atom stereocenters. The smallest absolute Gasteiger partial charge is 0.287 e. The van der Waals surface area contributed by atoms with Crippen molar-refractivity contribution in [1.82, 2.24) is 9.58 Å². The van der Waals surface area contributed by atoms with Crippen molar-refractivity contribution in [2.24, 2.45) is 15.1 Å². The van der Waals surface area contributed by atoms with E-state index in [1.807, 2.05) is 49.5 Å². The van der Waals surface area contributed by atoms with Crippen LogP contribution in [0.2, 0.25) is 0 Å². The monoisotopic (exact) mass is 358 g/mol. The molecule has 1 aromatic carbocycles. The number of ether oxygens (including phenoxy) is 1. The van der Waals surface area contributed by atoms with E-state index in [-0.39, 0.29) is 4.59 Å². The number of fused-ring (bicyclic) bond motifs is 1. The predicted octanol–water partition coefficient (Wildman–Crippen LogP) is 3.01. The van der Waals surface area contributed by atoms with E-state index in [4.69, 9.17) is 15.1 Å². The number of hydrogen-bond donors (Lipinski definition) is 1. The maximum atomic E-state index is 8.96. The summed E-state index contributed by atoms with van der Waals surface area (Å²) in [6.45, 7) is 2.57. The summed E-state index contributed by atoms with van der Waals surface area (Å²) >= 11 is 0. The average Bonchev–Trinajstić information content (AvgIpc) is 3.09. The molecule has 0 aliphatic carbocycles. The zero-order valence-corrected chi connectivity index (χ0v) is 14.6. The van der Waals surface area contributed by atoms with Crippen LogP contribution in [0.5, 0.6) is 5.75 Å². The Kier molecular flexibility index (Phi) is 4.20. The van der Waals surface area contributed by atoms with Crippen LogP contribution in [0.1, 0.15) is 12.6 Å². The summed E-state index contributed by atoms with van der Waals surface area (Å²) in [7, 11) is 0. The van der Waals surface area contributed by atoms with Gasteiger partial charge in [-0.3, -0.25) is 4.99 Å². The van der Waals surface area contributed by atoms with Gasteiger partial charge in [0.1, 0.15) is 23.7 Å². The topological polar surface area (TPSA) is 95.0 Å². The predicted molar refractivity (Wildman–Crippen MR) is 104 cm³/mol. The number of pyridine rings is 1. The molecule has 2 aromatic rings. The molecule has 1 aromatic heterocycles. The molecular formula is C19H16N7O+. The Bertz CT molecular complexity index is 1010. The van der Waals surface area contributed by atoms with Crippen molar-refractivity contribution in [3.05, 3.63) is 60.7 Å². The summed E-state index contributed by atoms with van der Waals surface area (Å²) in [4.78, 5) is 12.9. The second-order valence-electron chi connectivity index (χ2n) is 5.75. The highest BCUT2D eigenvalue weighted by molar-refractivity contribution is 6.38. The molecule has 2 aliphatic rings. The summed E-state index contributed by atoms with van der Waals surface area (Å²) in [6.07, 6.45) is 6.77. The van der Waals surface area contributed by atoms with Crippen molar-refractivity contribution in [3.8, 4) is 11.8 Å². The lowest BCUT2D eigenvalue weighted by molar-refractivity contribution is 0.340. The quantitative estimate of drug-likeness (QED) is 0.850. The van der Waals surface area contributed by atoms with E-state index in [2.05, 4.69) is 20.3 Å². The van der Waals surface area contributed by atoms with Crippen molar-refractivity contribution < 1.29 is 4.74 Å². The number of quaternary nitrogens is 1. The van der Waals surface area contributed by atoms with Crippen molar-refractivity contribution in [2.75, 3.05) is 11.9 Å². The van der Waals surface area contributed by atoms with E-state index < -0.39 is 0 Å². The van der Waals surface area contributed by atoms with Gasteiger partial charge in [0.2, 0.25) is 0 Å². The molecule has 0 amide bonds. The van der Waals surface area contributed by atoms with Crippen LogP contribution in [0.4, 0.5) is 11.4 Å².